The molecule has 0 saturated carbocycles. The quantitative estimate of drug-likeness (QED) is 0.604. The Kier molecular flexibility index (Phi) is 1.74. The Balaban J connectivity index is 2.46. The van der Waals surface area contributed by atoms with Gasteiger partial charge in [-0.05, 0) is 42.0 Å². The highest BCUT2D eigenvalue weighted by molar-refractivity contribution is 5.56. The lowest BCUT2D eigenvalue weighted by atomic mass is 10.1. The number of phenols is 1. The molecule has 1 aliphatic heterocycles. The topological polar surface area (TPSA) is 32.3 Å². The monoisotopic (exact) mass is 161 g/mol. The predicted molar refractivity (Wildman–Crippen MR) is 48.8 cm³/mol. The third-order valence-electron chi connectivity index (χ3n) is 2.05. The third-order valence-corrected chi connectivity index (χ3v) is 2.05. The molecule has 0 spiro atoms. The van der Waals surface area contributed by atoms with E-state index in [1.807, 2.05) is 24.4 Å². The van der Waals surface area contributed by atoms with E-state index in [0.717, 1.165) is 13.0 Å². The van der Waals surface area contributed by atoms with Crippen molar-refractivity contribution in [1.29, 1.82) is 0 Å². The minimum absolute atomic E-state index is 0.351. The largest absolute Gasteiger partial charge is 0.508 e. The lowest BCUT2D eigenvalue weighted by molar-refractivity contribution is 0.474. The number of hydrogen-bond acceptors (Lipinski definition) is 2. The van der Waals surface area contributed by atoms with Gasteiger partial charge < -0.3 is 10.4 Å². The van der Waals surface area contributed by atoms with Crippen LogP contribution >= 0.6 is 0 Å². The molecule has 0 amide bonds. The SMILES string of the molecule is Oc1ccc2c(c1)CCNC=C2. The van der Waals surface area contributed by atoms with Crippen molar-refractivity contribution in [3.8, 4) is 5.75 Å². The first kappa shape index (κ1) is 7.22. The van der Waals surface area contributed by atoms with Crippen LogP contribution in [0.25, 0.3) is 6.08 Å². The van der Waals surface area contributed by atoms with Crippen LogP contribution in [-0.2, 0) is 6.42 Å². The van der Waals surface area contributed by atoms with Crippen LogP contribution in [0.4, 0.5) is 0 Å². The second-order valence-electron chi connectivity index (χ2n) is 2.92. The molecule has 0 fully saturated rings. The molecule has 2 nitrogen and oxygen atoms in total. The summed E-state index contributed by atoms with van der Waals surface area (Å²) in [5, 5.41) is 12.4. The number of rotatable bonds is 0. The number of fused-ring (bicyclic) bond motifs is 1. The summed E-state index contributed by atoms with van der Waals surface area (Å²) in [4.78, 5) is 0. The van der Waals surface area contributed by atoms with Crippen LogP contribution in [0.5, 0.6) is 5.75 Å². The fraction of sp³-hybridized carbons (Fsp3) is 0.200. The molecule has 0 aromatic heterocycles. The van der Waals surface area contributed by atoms with E-state index in [-0.39, 0.29) is 0 Å². The van der Waals surface area contributed by atoms with Crippen LogP contribution < -0.4 is 5.32 Å². The van der Waals surface area contributed by atoms with Crippen LogP contribution in [0.15, 0.2) is 24.4 Å². The maximum atomic E-state index is 9.24. The molecule has 1 heterocycles. The normalized spacial score (nSPS) is 14.7. The van der Waals surface area contributed by atoms with Gasteiger partial charge in [-0.2, -0.15) is 0 Å². The van der Waals surface area contributed by atoms with Crippen molar-refractivity contribution in [2.75, 3.05) is 6.54 Å². The van der Waals surface area contributed by atoms with Crippen molar-refractivity contribution >= 4 is 6.08 Å². The first-order valence-electron chi connectivity index (χ1n) is 4.08. The Bertz CT molecular complexity index is 318. The van der Waals surface area contributed by atoms with Gasteiger partial charge in [-0.15, -0.1) is 0 Å². The fourth-order valence-electron chi connectivity index (χ4n) is 1.41. The second-order valence-corrected chi connectivity index (χ2v) is 2.92. The maximum absolute atomic E-state index is 9.24. The Labute approximate surface area is 71.5 Å². The summed E-state index contributed by atoms with van der Waals surface area (Å²) in [6.45, 7) is 0.937. The molecule has 0 radical (unpaired) electrons. The number of phenolic OH excluding ortho intramolecular Hbond substituents is 1. The summed E-state index contributed by atoms with van der Waals surface area (Å²) in [6.07, 6.45) is 4.95. The Morgan fingerprint density at radius 1 is 1.33 bits per heavy atom. The number of aromatic hydroxyl groups is 1. The van der Waals surface area contributed by atoms with Gasteiger partial charge in [-0.25, -0.2) is 0 Å². The van der Waals surface area contributed by atoms with Crippen molar-refractivity contribution < 1.29 is 5.11 Å². The lowest BCUT2D eigenvalue weighted by Crippen LogP contribution is -2.07. The van der Waals surface area contributed by atoms with Gasteiger partial charge in [0, 0.05) is 6.54 Å². The van der Waals surface area contributed by atoms with E-state index in [4.69, 9.17) is 0 Å². The van der Waals surface area contributed by atoms with E-state index in [2.05, 4.69) is 5.32 Å². The van der Waals surface area contributed by atoms with E-state index in [9.17, 15) is 5.11 Å². The van der Waals surface area contributed by atoms with E-state index in [1.54, 1.807) is 6.07 Å². The molecule has 0 atom stereocenters. The van der Waals surface area contributed by atoms with Crippen molar-refractivity contribution in [2.24, 2.45) is 0 Å². The van der Waals surface area contributed by atoms with Gasteiger partial charge in [0.2, 0.25) is 0 Å². The van der Waals surface area contributed by atoms with Crippen LogP contribution in [0, 0.1) is 0 Å². The van der Waals surface area contributed by atoms with E-state index >= 15 is 0 Å². The van der Waals surface area contributed by atoms with E-state index in [1.165, 1.54) is 11.1 Å². The highest BCUT2D eigenvalue weighted by Gasteiger charge is 2.02. The van der Waals surface area contributed by atoms with Crippen molar-refractivity contribution in [3.05, 3.63) is 35.5 Å². The van der Waals surface area contributed by atoms with Gasteiger partial charge in [0.1, 0.15) is 5.75 Å². The molecule has 0 aliphatic carbocycles. The molecule has 12 heavy (non-hydrogen) atoms. The van der Waals surface area contributed by atoms with Gasteiger partial charge in [0.25, 0.3) is 0 Å². The van der Waals surface area contributed by atoms with Gasteiger partial charge in [-0.1, -0.05) is 6.07 Å². The van der Waals surface area contributed by atoms with Crippen LogP contribution in [0.2, 0.25) is 0 Å². The zero-order valence-corrected chi connectivity index (χ0v) is 6.75. The highest BCUT2D eigenvalue weighted by Crippen LogP contribution is 2.19. The summed E-state index contributed by atoms with van der Waals surface area (Å²) >= 11 is 0. The zero-order valence-electron chi connectivity index (χ0n) is 6.75. The molecule has 1 aromatic rings. The van der Waals surface area contributed by atoms with Crippen LogP contribution in [0.3, 0.4) is 0 Å². The molecule has 0 unspecified atom stereocenters. The molecular weight excluding hydrogens is 150 g/mol. The molecule has 2 rings (SSSR count). The zero-order chi connectivity index (χ0) is 8.39. The molecule has 1 aliphatic rings. The first-order chi connectivity index (χ1) is 5.86. The summed E-state index contributed by atoms with van der Waals surface area (Å²) in [5.74, 6) is 0.351. The second kappa shape index (κ2) is 2.89. The van der Waals surface area contributed by atoms with E-state index in [0.29, 0.717) is 5.75 Å². The Morgan fingerprint density at radius 2 is 2.25 bits per heavy atom. The average molecular weight is 161 g/mol. The number of benzene rings is 1. The molecular formula is C10H11NO. The van der Waals surface area contributed by atoms with Crippen molar-refractivity contribution in [2.45, 2.75) is 6.42 Å². The summed E-state index contributed by atoms with van der Waals surface area (Å²) < 4.78 is 0. The summed E-state index contributed by atoms with van der Waals surface area (Å²) in [6, 6.07) is 5.48. The van der Waals surface area contributed by atoms with Crippen LogP contribution in [-0.4, -0.2) is 11.7 Å². The third kappa shape index (κ3) is 1.28. The highest BCUT2D eigenvalue weighted by atomic mass is 16.3. The smallest absolute Gasteiger partial charge is 0.115 e. The first-order valence-corrected chi connectivity index (χ1v) is 4.08. The molecule has 0 saturated heterocycles. The van der Waals surface area contributed by atoms with Gasteiger partial charge in [0.05, 0.1) is 0 Å². The fourth-order valence-corrected chi connectivity index (χ4v) is 1.41. The lowest BCUT2D eigenvalue weighted by Gasteiger charge is -2.02. The minimum atomic E-state index is 0.351. The molecule has 62 valence electrons. The Morgan fingerprint density at radius 3 is 3.17 bits per heavy atom. The summed E-state index contributed by atoms with van der Waals surface area (Å²) in [7, 11) is 0. The maximum Gasteiger partial charge on any atom is 0.115 e. The van der Waals surface area contributed by atoms with Gasteiger partial charge in [0.15, 0.2) is 0 Å². The van der Waals surface area contributed by atoms with Gasteiger partial charge in [-0.3, -0.25) is 0 Å². The standard InChI is InChI=1S/C10H11NO/c12-10-2-1-8-3-5-11-6-4-9(8)7-10/h1-3,5,7,11-12H,4,6H2. The van der Waals surface area contributed by atoms with Crippen molar-refractivity contribution in [3.63, 3.8) is 0 Å². The predicted octanol–water partition coefficient (Wildman–Crippen LogP) is 1.51. The number of hydrogen-bond donors (Lipinski definition) is 2. The Hall–Kier alpha value is -1.44. The average Bonchev–Trinajstić information content (AvgIpc) is 2.28. The van der Waals surface area contributed by atoms with Gasteiger partial charge >= 0.3 is 0 Å². The summed E-state index contributed by atoms with van der Waals surface area (Å²) in [5.41, 5.74) is 2.40. The minimum Gasteiger partial charge on any atom is -0.508 e. The molecule has 0 bridgehead atoms. The van der Waals surface area contributed by atoms with Crippen LogP contribution in [0.1, 0.15) is 11.1 Å². The number of nitrogens with one attached hydrogen (secondary N) is 1. The van der Waals surface area contributed by atoms with Crippen molar-refractivity contribution in [1.82, 2.24) is 5.32 Å². The van der Waals surface area contributed by atoms with E-state index < -0.39 is 0 Å². The molecule has 2 heteroatoms. The molecule has 1 aromatic carbocycles. The molecule has 2 N–H and O–H groups in total.